The molecule has 3 heterocycles. The molecule has 0 bridgehead atoms. The molecule has 9 heteroatoms. The SMILES string of the molecule is NCOC(=O)c1c(N2CCN(C(=O)c3ccco3)CC2)c2ccccc2n(Cc2ccc3ccccc3c2)c1=O. The van der Waals surface area contributed by atoms with Crippen LogP contribution in [0.25, 0.3) is 21.7 Å². The molecule has 0 radical (unpaired) electrons. The summed E-state index contributed by atoms with van der Waals surface area (Å²) in [5.41, 5.74) is 7.18. The van der Waals surface area contributed by atoms with E-state index in [-0.39, 0.29) is 30.5 Å². The van der Waals surface area contributed by atoms with Crippen LogP contribution in [0.3, 0.4) is 0 Å². The Bertz CT molecular complexity index is 1770. The Morgan fingerprint density at radius 3 is 2.38 bits per heavy atom. The minimum atomic E-state index is -0.769. The number of carbonyl (C=O) groups is 2. The Morgan fingerprint density at radius 2 is 1.62 bits per heavy atom. The highest BCUT2D eigenvalue weighted by Gasteiger charge is 2.30. The predicted octanol–water partition coefficient (Wildman–Crippen LogP) is 3.83. The molecular formula is C31H28N4O5. The van der Waals surface area contributed by atoms with Crippen molar-refractivity contribution in [1.82, 2.24) is 9.47 Å². The van der Waals surface area contributed by atoms with Crippen molar-refractivity contribution in [2.24, 2.45) is 5.73 Å². The van der Waals surface area contributed by atoms with Crippen LogP contribution in [0.1, 0.15) is 26.5 Å². The van der Waals surface area contributed by atoms with Gasteiger partial charge in [-0.3, -0.25) is 15.3 Å². The summed E-state index contributed by atoms with van der Waals surface area (Å²) in [6, 6.07) is 25.0. The minimum Gasteiger partial charge on any atom is -0.459 e. The number of ether oxygens (including phenoxy) is 1. The monoisotopic (exact) mass is 536 g/mol. The highest BCUT2D eigenvalue weighted by molar-refractivity contribution is 6.05. The van der Waals surface area contributed by atoms with Gasteiger partial charge in [0.2, 0.25) is 0 Å². The summed E-state index contributed by atoms with van der Waals surface area (Å²) in [5, 5.41) is 2.92. The molecule has 1 amide bonds. The van der Waals surface area contributed by atoms with E-state index in [0.29, 0.717) is 37.4 Å². The number of aromatic nitrogens is 1. The zero-order valence-corrected chi connectivity index (χ0v) is 21.8. The van der Waals surface area contributed by atoms with Crippen LogP contribution < -0.4 is 16.2 Å². The number of hydrogen-bond acceptors (Lipinski definition) is 7. The van der Waals surface area contributed by atoms with Crippen molar-refractivity contribution in [3.63, 3.8) is 0 Å². The van der Waals surface area contributed by atoms with E-state index in [0.717, 1.165) is 21.7 Å². The average Bonchev–Trinajstić information content (AvgIpc) is 3.53. The number of nitrogens with two attached hydrogens (primary N) is 1. The van der Waals surface area contributed by atoms with Gasteiger partial charge in [-0.25, -0.2) is 4.79 Å². The summed E-state index contributed by atoms with van der Waals surface area (Å²) in [6.07, 6.45) is 1.47. The zero-order valence-electron chi connectivity index (χ0n) is 21.8. The normalized spacial score (nSPS) is 13.6. The quantitative estimate of drug-likeness (QED) is 0.259. The summed E-state index contributed by atoms with van der Waals surface area (Å²) in [7, 11) is 0. The molecule has 1 aliphatic heterocycles. The molecule has 1 fully saturated rings. The second-order valence-corrected chi connectivity index (χ2v) is 9.67. The van der Waals surface area contributed by atoms with Crippen molar-refractivity contribution in [2.75, 3.05) is 37.8 Å². The van der Waals surface area contributed by atoms with E-state index in [1.807, 2.05) is 65.6 Å². The molecule has 202 valence electrons. The van der Waals surface area contributed by atoms with Crippen LogP contribution in [0, 0.1) is 0 Å². The first-order valence-electron chi connectivity index (χ1n) is 13.1. The van der Waals surface area contributed by atoms with Crippen molar-refractivity contribution in [3.05, 3.63) is 112 Å². The molecule has 2 N–H and O–H groups in total. The number of anilines is 1. The lowest BCUT2D eigenvalue weighted by Crippen LogP contribution is -2.49. The van der Waals surface area contributed by atoms with Gasteiger partial charge in [0.1, 0.15) is 12.3 Å². The van der Waals surface area contributed by atoms with Crippen LogP contribution in [0.4, 0.5) is 5.69 Å². The van der Waals surface area contributed by atoms with Crippen LogP contribution in [0.5, 0.6) is 0 Å². The van der Waals surface area contributed by atoms with Gasteiger partial charge in [0.05, 0.1) is 24.0 Å². The van der Waals surface area contributed by atoms with Gasteiger partial charge in [0.15, 0.2) is 5.76 Å². The molecule has 9 nitrogen and oxygen atoms in total. The van der Waals surface area contributed by atoms with Gasteiger partial charge in [-0.2, -0.15) is 0 Å². The van der Waals surface area contributed by atoms with E-state index in [4.69, 9.17) is 14.9 Å². The third-order valence-corrected chi connectivity index (χ3v) is 7.33. The highest BCUT2D eigenvalue weighted by Crippen LogP contribution is 2.31. The van der Waals surface area contributed by atoms with Crippen molar-refractivity contribution >= 4 is 39.2 Å². The Labute approximate surface area is 230 Å². The highest BCUT2D eigenvalue weighted by atomic mass is 16.5. The first-order valence-corrected chi connectivity index (χ1v) is 13.1. The van der Waals surface area contributed by atoms with E-state index in [1.54, 1.807) is 21.6 Å². The first-order chi connectivity index (χ1) is 19.5. The summed E-state index contributed by atoms with van der Waals surface area (Å²) in [6.45, 7) is 1.58. The predicted molar refractivity (Wildman–Crippen MR) is 153 cm³/mol. The van der Waals surface area contributed by atoms with E-state index >= 15 is 0 Å². The standard InChI is InChI=1S/C31H28N4O5/c32-20-40-31(38)27-28(33-13-15-34(16-14-33)29(36)26-10-5-17-39-26)24-8-3-4-9-25(24)35(30(27)37)19-21-11-12-22-6-1-2-7-23(22)18-21/h1-12,17-18H,13-16,19-20,32H2. The van der Waals surface area contributed by atoms with E-state index in [9.17, 15) is 14.4 Å². The summed E-state index contributed by atoms with van der Waals surface area (Å²) in [4.78, 5) is 43.8. The smallest absolute Gasteiger partial charge is 0.347 e. The maximum atomic E-state index is 14.1. The Balaban J connectivity index is 1.42. The number of para-hydroxylation sites is 1. The molecule has 0 atom stereocenters. The van der Waals surface area contributed by atoms with Crippen LogP contribution >= 0.6 is 0 Å². The van der Waals surface area contributed by atoms with Crippen LogP contribution in [-0.2, 0) is 11.3 Å². The lowest BCUT2D eigenvalue weighted by molar-refractivity contribution is 0.0512. The van der Waals surface area contributed by atoms with Crippen LogP contribution in [-0.4, -0.2) is 54.3 Å². The zero-order chi connectivity index (χ0) is 27.6. The van der Waals surface area contributed by atoms with Gasteiger partial charge < -0.3 is 23.5 Å². The summed E-state index contributed by atoms with van der Waals surface area (Å²) in [5.74, 6) is -0.680. The number of carbonyl (C=O) groups excluding carboxylic acids is 2. The molecule has 0 aliphatic carbocycles. The molecule has 1 aliphatic rings. The summed E-state index contributed by atoms with van der Waals surface area (Å²) < 4.78 is 12.1. The van der Waals surface area contributed by atoms with Crippen molar-refractivity contribution in [3.8, 4) is 0 Å². The number of fused-ring (bicyclic) bond motifs is 2. The van der Waals surface area contributed by atoms with Gasteiger partial charge in [-0.1, -0.05) is 54.6 Å². The molecular weight excluding hydrogens is 508 g/mol. The van der Waals surface area contributed by atoms with Gasteiger partial charge in [-0.15, -0.1) is 0 Å². The number of rotatable bonds is 6. The van der Waals surface area contributed by atoms with Gasteiger partial charge in [0.25, 0.3) is 11.5 Å². The lowest BCUT2D eigenvalue weighted by atomic mass is 10.0. The molecule has 1 saturated heterocycles. The van der Waals surface area contributed by atoms with E-state index in [1.165, 1.54) is 6.26 Å². The Hall–Kier alpha value is -4.89. The molecule has 2 aromatic heterocycles. The Kier molecular flexibility index (Phi) is 6.79. The fraction of sp³-hybridized carbons (Fsp3) is 0.194. The van der Waals surface area contributed by atoms with E-state index in [2.05, 4.69) is 6.07 Å². The second-order valence-electron chi connectivity index (χ2n) is 9.67. The number of hydrogen-bond donors (Lipinski definition) is 1. The number of pyridine rings is 1. The molecule has 6 rings (SSSR count). The molecule has 5 aromatic rings. The number of furan rings is 1. The second kappa shape index (κ2) is 10.7. The van der Waals surface area contributed by atoms with Gasteiger partial charge in [0, 0.05) is 31.6 Å². The molecule has 40 heavy (non-hydrogen) atoms. The third kappa shape index (κ3) is 4.60. The van der Waals surface area contributed by atoms with Crippen molar-refractivity contribution in [2.45, 2.75) is 6.54 Å². The summed E-state index contributed by atoms with van der Waals surface area (Å²) >= 11 is 0. The van der Waals surface area contributed by atoms with Crippen LogP contribution in [0.2, 0.25) is 0 Å². The van der Waals surface area contributed by atoms with Gasteiger partial charge >= 0.3 is 5.97 Å². The van der Waals surface area contributed by atoms with Crippen molar-refractivity contribution in [1.29, 1.82) is 0 Å². The third-order valence-electron chi connectivity index (χ3n) is 7.33. The topological polar surface area (TPSA) is 111 Å². The lowest BCUT2D eigenvalue weighted by Gasteiger charge is -2.37. The maximum Gasteiger partial charge on any atom is 0.347 e. The number of piperazine rings is 1. The van der Waals surface area contributed by atoms with Crippen molar-refractivity contribution < 1.29 is 18.7 Å². The number of amides is 1. The molecule has 3 aromatic carbocycles. The molecule has 0 spiro atoms. The largest absolute Gasteiger partial charge is 0.459 e. The molecule has 0 unspecified atom stereocenters. The first kappa shape index (κ1) is 25.4. The number of benzene rings is 3. The van der Waals surface area contributed by atoms with E-state index < -0.39 is 11.5 Å². The fourth-order valence-electron chi connectivity index (χ4n) is 5.42. The maximum absolute atomic E-state index is 14.1. The number of nitrogens with zero attached hydrogens (tertiary/aromatic N) is 3. The Morgan fingerprint density at radius 1 is 0.875 bits per heavy atom. The van der Waals surface area contributed by atoms with Crippen LogP contribution in [0.15, 0.2) is 94.3 Å². The fourth-order valence-corrected chi connectivity index (χ4v) is 5.42. The minimum absolute atomic E-state index is 0.0595. The average molecular weight is 537 g/mol. The molecule has 0 saturated carbocycles. The van der Waals surface area contributed by atoms with Gasteiger partial charge in [-0.05, 0) is 40.6 Å². The number of esters is 1.